The van der Waals surface area contributed by atoms with Gasteiger partial charge in [-0.1, -0.05) is 44.2 Å². The molecule has 5 nitrogen and oxygen atoms in total. The number of aromatic nitrogens is 1. The maximum atomic E-state index is 12.2. The molecule has 2 aromatic carbocycles. The van der Waals surface area contributed by atoms with Gasteiger partial charge in [-0.3, -0.25) is 9.59 Å². The van der Waals surface area contributed by atoms with E-state index in [2.05, 4.69) is 24.1 Å². The topological polar surface area (TPSA) is 68.3 Å². The van der Waals surface area contributed by atoms with E-state index in [1.807, 2.05) is 48.5 Å². The van der Waals surface area contributed by atoms with Crippen molar-refractivity contribution in [1.82, 2.24) is 4.98 Å². The summed E-state index contributed by atoms with van der Waals surface area (Å²) in [5, 5.41) is 3.74. The summed E-state index contributed by atoms with van der Waals surface area (Å²) in [5.41, 5.74) is 2.79. The van der Waals surface area contributed by atoms with Crippen LogP contribution >= 0.6 is 11.3 Å². The van der Waals surface area contributed by atoms with E-state index >= 15 is 0 Å². The molecular formula is C22H24N2O3S. The lowest BCUT2D eigenvalue weighted by molar-refractivity contribution is -0.147. The van der Waals surface area contributed by atoms with Crippen LogP contribution in [0.25, 0.3) is 10.2 Å². The number of esters is 1. The summed E-state index contributed by atoms with van der Waals surface area (Å²) in [7, 11) is 0. The lowest BCUT2D eigenvalue weighted by atomic mass is 9.97. The Morgan fingerprint density at radius 1 is 1.14 bits per heavy atom. The van der Waals surface area contributed by atoms with Crippen molar-refractivity contribution in [2.75, 3.05) is 11.9 Å². The fraction of sp³-hybridized carbons (Fsp3) is 0.318. The van der Waals surface area contributed by atoms with Crippen molar-refractivity contribution >= 4 is 39.1 Å². The van der Waals surface area contributed by atoms with Crippen LogP contribution in [0.2, 0.25) is 0 Å². The molecule has 1 aromatic heterocycles. The molecule has 0 unspecified atom stereocenters. The van der Waals surface area contributed by atoms with E-state index in [1.165, 1.54) is 0 Å². The minimum atomic E-state index is -0.399. The van der Waals surface area contributed by atoms with Gasteiger partial charge in [0.2, 0.25) is 0 Å². The number of carbonyl (C=O) groups excluding carboxylic acids is 2. The van der Waals surface area contributed by atoms with Gasteiger partial charge in [-0.05, 0) is 36.1 Å². The molecule has 1 atom stereocenters. The van der Waals surface area contributed by atoms with E-state index in [-0.39, 0.29) is 18.9 Å². The van der Waals surface area contributed by atoms with Crippen LogP contribution in [-0.4, -0.2) is 23.5 Å². The fourth-order valence-corrected chi connectivity index (χ4v) is 3.87. The van der Waals surface area contributed by atoms with Gasteiger partial charge in [-0.25, -0.2) is 4.98 Å². The summed E-state index contributed by atoms with van der Waals surface area (Å²) in [6.45, 7) is 3.94. The molecule has 0 fully saturated rings. The first kappa shape index (κ1) is 20.0. The average molecular weight is 397 g/mol. The number of carbonyl (C=O) groups is 2. The van der Waals surface area contributed by atoms with Crippen LogP contribution in [0.15, 0.2) is 48.5 Å². The second-order valence-corrected chi connectivity index (χ2v) is 7.80. The molecule has 1 amide bonds. The molecule has 28 heavy (non-hydrogen) atoms. The highest BCUT2D eigenvalue weighted by atomic mass is 32.1. The van der Waals surface area contributed by atoms with Crippen LogP contribution in [0.5, 0.6) is 0 Å². The Morgan fingerprint density at radius 2 is 1.89 bits per heavy atom. The van der Waals surface area contributed by atoms with Gasteiger partial charge < -0.3 is 10.1 Å². The van der Waals surface area contributed by atoms with Crippen LogP contribution in [0.4, 0.5) is 5.69 Å². The van der Waals surface area contributed by atoms with Crippen molar-refractivity contribution < 1.29 is 14.3 Å². The number of aryl methyl sites for hydroxylation is 1. The molecular weight excluding hydrogens is 372 g/mol. The fourth-order valence-electron chi connectivity index (χ4n) is 2.90. The number of ether oxygens (including phenoxy) is 1. The van der Waals surface area contributed by atoms with E-state index in [0.29, 0.717) is 12.3 Å². The molecule has 0 aliphatic heterocycles. The van der Waals surface area contributed by atoms with Gasteiger partial charge in [-0.2, -0.15) is 0 Å². The SMILES string of the molecule is CC[C@H](C)c1ccccc1NC(=O)COC(=O)CCc1nc2ccccc2s1. The van der Waals surface area contributed by atoms with Gasteiger partial charge in [0.25, 0.3) is 5.91 Å². The molecule has 0 radical (unpaired) electrons. The lowest BCUT2D eigenvalue weighted by Crippen LogP contribution is -2.21. The average Bonchev–Trinajstić information content (AvgIpc) is 3.13. The van der Waals surface area contributed by atoms with Crippen LogP contribution in [-0.2, 0) is 20.7 Å². The third-order valence-electron chi connectivity index (χ3n) is 4.62. The second kappa shape index (κ2) is 9.46. The minimum Gasteiger partial charge on any atom is -0.456 e. The number of hydrogen-bond acceptors (Lipinski definition) is 5. The molecule has 146 valence electrons. The zero-order valence-electron chi connectivity index (χ0n) is 16.1. The molecule has 0 saturated heterocycles. The number of hydrogen-bond donors (Lipinski definition) is 1. The summed E-state index contributed by atoms with van der Waals surface area (Å²) in [5.74, 6) is -0.387. The second-order valence-electron chi connectivity index (χ2n) is 6.68. The number of nitrogens with zero attached hydrogens (tertiary/aromatic N) is 1. The molecule has 6 heteroatoms. The molecule has 0 bridgehead atoms. The predicted molar refractivity (Wildman–Crippen MR) is 113 cm³/mol. The molecule has 0 saturated carbocycles. The summed E-state index contributed by atoms with van der Waals surface area (Å²) in [4.78, 5) is 28.7. The maximum absolute atomic E-state index is 12.2. The van der Waals surface area contributed by atoms with Gasteiger partial charge in [0, 0.05) is 12.1 Å². The Balaban J connectivity index is 1.47. The summed E-state index contributed by atoms with van der Waals surface area (Å²) in [6.07, 6.45) is 1.70. The standard InChI is InChI=1S/C22H24N2O3S/c1-3-15(2)16-8-4-5-9-17(16)23-20(25)14-27-22(26)13-12-21-24-18-10-6-7-11-19(18)28-21/h4-11,15H,3,12-14H2,1-2H3,(H,23,25)/t15-/m0/s1. The third kappa shape index (κ3) is 5.16. The normalized spacial score (nSPS) is 11.9. The van der Waals surface area contributed by atoms with Gasteiger partial charge in [0.05, 0.1) is 21.6 Å². The molecule has 0 aliphatic rings. The van der Waals surface area contributed by atoms with E-state index in [9.17, 15) is 9.59 Å². The summed E-state index contributed by atoms with van der Waals surface area (Å²) < 4.78 is 6.23. The van der Waals surface area contributed by atoms with Gasteiger partial charge in [-0.15, -0.1) is 11.3 Å². The van der Waals surface area contributed by atoms with Crippen molar-refractivity contribution in [2.45, 2.75) is 39.0 Å². The molecule has 1 N–H and O–H groups in total. The number of anilines is 1. The Kier molecular flexibility index (Phi) is 6.76. The lowest BCUT2D eigenvalue weighted by Gasteiger charge is -2.15. The first-order valence-corrected chi connectivity index (χ1v) is 10.3. The highest BCUT2D eigenvalue weighted by Crippen LogP contribution is 2.26. The maximum Gasteiger partial charge on any atom is 0.306 e. The largest absolute Gasteiger partial charge is 0.456 e. The molecule has 1 heterocycles. The predicted octanol–water partition coefficient (Wildman–Crippen LogP) is 4.92. The smallest absolute Gasteiger partial charge is 0.306 e. The van der Waals surface area contributed by atoms with Crippen LogP contribution in [0.1, 0.15) is 43.2 Å². The van der Waals surface area contributed by atoms with Crippen molar-refractivity contribution in [2.24, 2.45) is 0 Å². The molecule has 0 aliphatic carbocycles. The molecule has 3 aromatic rings. The first-order chi connectivity index (χ1) is 13.6. The number of fused-ring (bicyclic) bond motifs is 1. The first-order valence-electron chi connectivity index (χ1n) is 9.45. The van der Waals surface area contributed by atoms with Crippen molar-refractivity contribution in [3.05, 3.63) is 59.1 Å². The van der Waals surface area contributed by atoms with E-state index in [0.717, 1.165) is 32.9 Å². The number of amides is 1. The Labute approximate surface area is 168 Å². The molecule has 3 rings (SSSR count). The Bertz CT molecular complexity index is 934. The van der Waals surface area contributed by atoms with Gasteiger partial charge >= 0.3 is 5.97 Å². The number of benzene rings is 2. The highest BCUT2D eigenvalue weighted by molar-refractivity contribution is 7.18. The van der Waals surface area contributed by atoms with Crippen LogP contribution in [0.3, 0.4) is 0 Å². The molecule has 0 spiro atoms. The van der Waals surface area contributed by atoms with Gasteiger partial charge in [0.15, 0.2) is 6.61 Å². The number of para-hydroxylation sites is 2. The zero-order valence-corrected chi connectivity index (χ0v) is 16.9. The van der Waals surface area contributed by atoms with E-state index in [4.69, 9.17) is 4.74 Å². The summed E-state index contributed by atoms with van der Waals surface area (Å²) >= 11 is 1.57. The highest BCUT2D eigenvalue weighted by Gasteiger charge is 2.13. The number of thiazole rings is 1. The Morgan fingerprint density at radius 3 is 2.68 bits per heavy atom. The van der Waals surface area contributed by atoms with E-state index in [1.54, 1.807) is 11.3 Å². The Hall–Kier alpha value is -2.73. The minimum absolute atomic E-state index is 0.205. The summed E-state index contributed by atoms with van der Waals surface area (Å²) in [6, 6.07) is 15.6. The quantitative estimate of drug-likeness (QED) is 0.549. The number of rotatable bonds is 8. The van der Waals surface area contributed by atoms with Crippen molar-refractivity contribution in [1.29, 1.82) is 0 Å². The van der Waals surface area contributed by atoms with Crippen LogP contribution in [0, 0.1) is 0 Å². The number of nitrogens with one attached hydrogen (secondary N) is 1. The monoisotopic (exact) mass is 396 g/mol. The zero-order chi connectivity index (χ0) is 19.9. The van der Waals surface area contributed by atoms with E-state index < -0.39 is 5.97 Å². The van der Waals surface area contributed by atoms with Gasteiger partial charge in [0.1, 0.15) is 0 Å². The van der Waals surface area contributed by atoms with Crippen molar-refractivity contribution in [3.8, 4) is 0 Å². The third-order valence-corrected chi connectivity index (χ3v) is 5.72. The van der Waals surface area contributed by atoms with Crippen LogP contribution < -0.4 is 5.32 Å². The van der Waals surface area contributed by atoms with Crippen molar-refractivity contribution in [3.63, 3.8) is 0 Å².